The van der Waals surface area contributed by atoms with Crippen molar-refractivity contribution in [2.24, 2.45) is 7.05 Å². The summed E-state index contributed by atoms with van der Waals surface area (Å²) in [5, 5.41) is 11.9. The van der Waals surface area contributed by atoms with E-state index in [1.165, 1.54) is 23.9 Å². The lowest BCUT2D eigenvalue weighted by molar-refractivity contribution is 0.102. The van der Waals surface area contributed by atoms with E-state index >= 15 is 0 Å². The van der Waals surface area contributed by atoms with Gasteiger partial charge in [-0.2, -0.15) is 10.2 Å². The van der Waals surface area contributed by atoms with Gasteiger partial charge >= 0.3 is 0 Å². The van der Waals surface area contributed by atoms with Crippen LogP contribution in [0.5, 0.6) is 0 Å². The van der Waals surface area contributed by atoms with Gasteiger partial charge in [0.1, 0.15) is 0 Å². The summed E-state index contributed by atoms with van der Waals surface area (Å²) in [5.41, 5.74) is 2.95. The third-order valence-electron chi connectivity index (χ3n) is 4.62. The Morgan fingerprint density at radius 1 is 1.26 bits per heavy atom. The minimum atomic E-state index is -0.299. The van der Waals surface area contributed by atoms with E-state index in [2.05, 4.69) is 15.5 Å². The second-order valence-electron chi connectivity index (χ2n) is 6.70. The van der Waals surface area contributed by atoms with Gasteiger partial charge in [0, 0.05) is 24.1 Å². The van der Waals surface area contributed by atoms with E-state index in [0.717, 1.165) is 29.8 Å². The molecule has 0 bridgehead atoms. The molecule has 0 spiro atoms. The van der Waals surface area contributed by atoms with Crippen LogP contribution in [-0.2, 0) is 7.05 Å². The molecule has 0 atom stereocenters. The number of aromatic nitrogens is 4. The van der Waals surface area contributed by atoms with Crippen molar-refractivity contribution in [3.05, 3.63) is 68.7 Å². The predicted molar refractivity (Wildman–Crippen MR) is 103 cm³/mol. The Hall–Kier alpha value is -2.93. The van der Waals surface area contributed by atoms with Crippen LogP contribution in [0.25, 0.3) is 5.69 Å². The molecule has 2 aromatic heterocycles. The first kappa shape index (κ1) is 17.5. The van der Waals surface area contributed by atoms with Crippen molar-refractivity contribution < 1.29 is 4.79 Å². The van der Waals surface area contributed by atoms with Crippen LogP contribution in [0.1, 0.15) is 40.4 Å². The second-order valence-corrected chi connectivity index (χ2v) is 7.10. The van der Waals surface area contributed by atoms with Crippen LogP contribution in [0.15, 0.2) is 41.3 Å². The number of nitrogens with zero attached hydrogens (tertiary/aromatic N) is 4. The van der Waals surface area contributed by atoms with Crippen LogP contribution < -0.4 is 10.9 Å². The molecule has 8 heteroatoms. The van der Waals surface area contributed by atoms with Crippen LogP contribution in [0.2, 0.25) is 5.02 Å². The van der Waals surface area contributed by atoms with Gasteiger partial charge in [0.05, 0.1) is 23.1 Å². The summed E-state index contributed by atoms with van der Waals surface area (Å²) in [6, 6.07) is 8.58. The molecule has 1 aromatic carbocycles. The highest BCUT2D eigenvalue weighted by molar-refractivity contribution is 6.31. The number of nitrogens with one attached hydrogen (secondary N) is 1. The SMILES string of the molecule is Cc1ccc(-n2ncc(C(=O)Nc3ccc(=O)n(C)n3)c2C2CC2)cc1Cl. The highest BCUT2D eigenvalue weighted by atomic mass is 35.5. The fraction of sp³-hybridized carbons (Fsp3) is 0.263. The fourth-order valence-electron chi connectivity index (χ4n) is 2.95. The largest absolute Gasteiger partial charge is 0.305 e. The zero-order valence-electron chi connectivity index (χ0n) is 14.9. The number of carbonyl (C=O) groups excluding carboxylic acids is 1. The Bertz CT molecular complexity index is 1100. The summed E-state index contributed by atoms with van der Waals surface area (Å²) in [4.78, 5) is 24.3. The minimum absolute atomic E-state index is 0.240. The summed E-state index contributed by atoms with van der Waals surface area (Å²) in [7, 11) is 1.53. The second kappa shape index (κ2) is 6.66. The zero-order valence-corrected chi connectivity index (χ0v) is 15.7. The lowest BCUT2D eigenvalue weighted by Crippen LogP contribution is -2.22. The van der Waals surface area contributed by atoms with Crippen LogP contribution in [0.3, 0.4) is 0 Å². The maximum Gasteiger partial charge on any atom is 0.266 e. The quantitative estimate of drug-likeness (QED) is 0.750. The molecule has 1 aliphatic carbocycles. The number of hydrogen-bond donors (Lipinski definition) is 1. The van der Waals surface area contributed by atoms with Gasteiger partial charge in [-0.1, -0.05) is 17.7 Å². The first-order chi connectivity index (χ1) is 12.9. The van der Waals surface area contributed by atoms with Gasteiger partial charge in [0.15, 0.2) is 5.82 Å². The number of anilines is 1. The Kier molecular flexibility index (Phi) is 4.31. The smallest absolute Gasteiger partial charge is 0.266 e. The molecule has 138 valence electrons. The molecule has 27 heavy (non-hydrogen) atoms. The zero-order chi connectivity index (χ0) is 19.1. The number of halogens is 1. The van der Waals surface area contributed by atoms with Crippen molar-refractivity contribution in [2.75, 3.05) is 5.32 Å². The number of carbonyl (C=O) groups is 1. The molecular formula is C19H18ClN5O2. The van der Waals surface area contributed by atoms with E-state index < -0.39 is 0 Å². The average Bonchev–Trinajstić information content (AvgIpc) is 3.38. The Balaban J connectivity index is 1.69. The lowest BCUT2D eigenvalue weighted by Gasteiger charge is -2.10. The summed E-state index contributed by atoms with van der Waals surface area (Å²) in [5.74, 6) is 0.309. The monoisotopic (exact) mass is 383 g/mol. The number of amides is 1. The van der Waals surface area contributed by atoms with E-state index in [9.17, 15) is 9.59 Å². The molecule has 0 saturated heterocycles. The predicted octanol–water partition coefficient (Wildman–Crippen LogP) is 3.06. The molecule has 1 N–H and O–H groups in total. The normalized spacial score (nSPS) is 13.6. The Labute approximate surface area is 160 Å². The molecule has 1 saturated carbocycles. The first-order valence-corrected chi connectivity index (χ1v) is 9.02. The van der Waals surface area contributed by atoms with Crippen molar-refractivity contribution in [3.63, 3.8) is 0 Å². The summed E-state index contributed by atoms with van der Waals surface area (Å²) < 4.78 is 2.96. The van der Waals surface area contributed by atoms with E-state index in [1.807, 2.05) is 25.1 Å². The van der Waals surface area contributed by atoms with Gasteiger partial charge in [-0.15, -0.1) is 0 Å². The molecule has 2 heterocycles. The van der Waals surface area contributed by atoms with Gasteiger partial charge in [0.25, 0.3) is 11.5 Å². The number of hydrogen-bond acceptors (Lipinski definition) is 4. The van der Waals surface area contributed by atoms with Crippen LogP contribution >= 0.6 is 11.6 Å². The average molecular weight is 384 g/mol. The number of rotatable bonds is 4. The van der Waals surface area contributed by atoms with Crippen molar-refractivity contribution in [1.82, 2.24) is 19.6 Å². The highest BCUT2D eigenvalue weighted by Crippen LogP contribution is 2.42. The fourth-order valence-corrected chi connectivity index (χ4v) is 3.13. The van der Waals surface area contributed by atoms with Crippen LogP contribution in [0, 0.1) is 6.92 Å². The Morgan fingerprint density at radius 3 is 2.70 bits per heavy atom. The van der Waals surface area contributed by atoms with E-state index in [-0.39, 0.29) is 11.5 Å². The van der Waals surface area contributed by atoms with Crippen molar-refractivity contribution in [1.29, 1.82) is 0 Å². The molecule has 1 amide bonds. The molecule has 1 fully saturated rings. The maximum atomic E-state index is 12.8. The lowest BCUT2D eigenvalue weighted by atomic mass is 10.1. The molecule has 7 nitrogen and oxygen atoms in total. The summed E-state index contributed by atoms with van der Waals surface area (Å²) in [6.07, 6.45) is 3.60. The van der Waals surface area contributed by atoms with Gasteiger partial charge in [-0.25, -0.2) is 9.36 Å². The number of aryl methyl sites for hydroxylation is 2. The van der Waals surface area contributed by atoms with Gasteiger partial charge in [0.2, 0.25) is 0 Å². The summed E-state index contributed by atoms with van der Waals surface area (Å²) in [6.45, 7) is 1.94. The van der Waals surface area contributed by atoms with Crippen molar-refractivity contribution in [2.45, 2.75) is 25.7 Å². The topological polar surface area (TPSA) is 81.8 Å². The standard InChI is InChI=1S/C19H18ClN5O2/c1-11-3-6-13(9-15(11)20)25-18(12-4-5-12)14(10-21-25)19(27)22-16-7-8-17(26)24(2)23-16/h3,6-10,12H,4-5H2,1-2H3,(H,22,23,27). The van der Waals surface area contributed by atoms with Gasteiger partial charge in [-0.05, 0) is 43.5 Å². The Morgan fingerprint density at radius 2 is 2.04 bits per heavy atom. The molecule has 3 aromatic rings. The van der Waals surface area contributed by atoms with Crippen molar-refractivity contribution >= 4 is 23.3 Å². The van der Waals surface area contributed by atoms with Gasteiger partial charge < -0.3 is 5.32 Å². The third-order valence-corrected chi connectivity index (χ3v) is 5.02. The van der Waals surface area contributed by atoms with Crippen LogP contribution in [0.4, 0.5) is 5.82 Å². The molecule has 0 radical (unpaired) electrons. The summed E-state index contributed by atoms with van der Waals surface area (Å²) >= 11 is 6.26. The van der Waals surface area contributed by atoms with Crippen LogP contribution in [-0.4, -0.2) is 25.5 Å². The van der Waals surface area contributed by atoms with Gasteiger partial charge in [-0.3, -0.25) is 9.59 Å². The maximum absolute atomic E-state index is 12.8. The number of benzene rings is 1. The molecule has 4 rings (SSSR count). The van der Waals surface area contributed by atoms with Crippen molar-refractivity contribution in [3.8, 4) is 5.69 Å². The minimum Gasteiger partial charge on any atom is -0.305 e. The van der Waals surface area contributed by atoms with E-state index in [4.69, 9.17) is 11.6 Å². The third kappa shape index (κ3) is 3.38. The first-order valence-electron chi connectivity index (χ1n) is 8.64. The highest BCUT2D eigenvalue weighted by Gasteiger charge is 2.33. The molecule has 1 aliphatic rings. The molecular weight excluding hydrogens is 366 g/mol. The van der Waals surface area contributed by atoms with E-state index in [1.54, 1.807) is 10.9 Å². The van der Waals surface area contributed by atoms with E-state index in [0.29, 0.717) is 22.3 Å². The molecule has 0 aliphatic heterocycles. The molecule has 0 unspecified atom stereocenters.